The van der Waals surface area contributed by atoms with Crippen molar-refractivity contribution in [3.05, 3.63) is 23.8 Å². The molecule has 1 aromatic rings. The van der Waals surface area contributed by atoms with Crippen molar-refractivity contribution < 1.29 is 14.3 Å². The number of ether oxygens (including phenoxy) is 2. The second kappa shape index (κ2) is 5.11. The molecule has 4 nitrogen and oxygen atoms in total. The lowest BCUT2D eigenvalue weighted by atomic mass is 9.95. The summed E-state index contributed by atoms with van der Waals surface area (Å²) in [5.74, 6) is 1.67. The van der Waals surface area contributed by atoms with Gasteiger partial charge in [0.2, 0.25) is 5.91 Å². The first-order valence-electron chi connectivity index (χ1n) is 6.52. The molecule has 0 saturated carbocycles. The molecule has 2 rings (SSSR count). The van der Waals surface area contributed by atoms with Gasteiger partial charge >= 0.3 is 0 Å². The Kier molecular flexibility index (Phi) is 3.69. The Balaban J connectivity index is 2.09. The molecular weight excluding hydrogens is 242 g/mol. The molecule has 1 aliphatic heterocycles. The summed E-state index contributed by atoms with van der Waals surface area (Å²) < 4.78 is 11.0. The first kappa shape index (κ1) is 13.7. The highest BCUT2D eigenvalue weighted by Gasteiger charge is 2.25. The number of benzene rings is 1. The Morgan fingerprint density at radius 3 is 2.47 bits per heavy atom. The Hall–Kier alpha value is -1.71. The van der Waals surface area contributed by atoms with Crippen LogP contribution in [0.3, 0.4) is 0 Å². The van der Waals surface area contributed by atoms with E-state index in [1.165, 1.54) is 0 Å². The van der Waals surface area contributed by atoms with Gasteiger partial charge in [0.1, 0.15) is 13.2 Å². The van der Waals surface area contributed by atoms with Crippen LogP contribution in [-0.2, 0) is 11.3 Å². The van der Waals surface area contributed by atoms with Crippen molar-refractivity contribution in [1.29, 1.82) is 0 Å². The average Bonchev–Trinajstić information content (AvgIpc) is 2.36. The Morgan fingerprint density at radius 1 is 1.21 bits per heavy atom. The van der Waals surface area contributed by atoms with E-state index in [1.54, 1.807) is 4.90 Å². The lowest BCUT2D eigenvalue weighted by Gasteiger charge is -2.26. The minimum absolute atomic E-state index is 0.127. The zero-order valence-electron chi connectivity index (χ0n) is 12.0. The molecule has 0 saturated heterocycles. The van der Waals surface area contributed by atoms with Gasteiger partial charge in [-0.2, -0.15) is 0 Å². The van der Waals surface area contributed by atoms with Crippen molar-refractivity contribution in [2.75, 3.05) is 20.3 Å². The molecule has 0 N–H and O–H groups in total. The number of rotatable bonds is 2. The summed E-state index contributed by atoms with van der Waals surface area (Å²) in [6.45, 7) is 7.52. The highest BCUT2D eigenvalue weighted by molar-refractivity contribution is 5.81. The quantitative estimate of drug-likeness (QED) is 0.822. The number of carbonyl (C=O) groups excluding carboxylic acids is 1. The molecule has 1 amide bonds. The zero-order chi connectivity index (χ0) is 14.0. The third kappa shape index (κ3) is 3.19. The predicted molar refractivity (Wildman–Crippen MR) is 73.4 cm³/mol. The van der Waals surface area contributed by atoms with E-state index in [1.807, 2.05) is 46.0 Å². The molecule has 0 bridgehead atoms. The van der Waals surface area contributed by atoms with E-state index >= 15 is 0 Å². The van der Waals surface area contributed by atoms with Gasteiger partial charge in [0.15, 0.2) is 11.5 Å². The van der Waals surface area contributed by atoms with E-state index in [0.717, 1.165) is 17.1 Å². The highest BCUT2D eigenvalue weighted by atomic mass is 16.6. The molecular formula is C15H21NO3. The molecule has 4 heteroatoms. The average molecular weight is 263 g/mol. The molecule has 0 aromatic heterocycles. The molecule has 0 spiro atoms. The second-order valence-corrected chi connectivity index (χ2v) is 5.89. The highest BCUT2D eigenvalue weighted by Crippen LogP contribution is 2.31. The van der Waals surface area contributed by atoms with Crippen LogP contribution >= 0.6 is 0 Å². The van der Waals surface area contributed by atoms with Crippen molar-refractivity contribution in [1.82, 2.24) is 4.90 Å². The maximum atomic E-state index is 12.1. The third-order valence-electron chi connectivity index (χ3n) is 3.01. The van der Waals surface area contributed by atoms with Crippen LogP contribution in [0.25, 0.3) is 0 Å². The fourth-order valence-corrected chi connectivity index (χ4v) is 2.10. The SMILES string of the molecule is CN(Cc1ccc2c(c1)OCCO2)C(=O)C(C)(C)C. The van der Waals surface area contributed by atoms with Gasteiger partial charge in [-0.25, -0.2) is 0 Å². The van der Waals surface area contributed by atoms with E-state index in [-0.39, 0.29) is 11.3 Å². The van der Waals surface area contributed by atoms with Crippen molar-refractivity contribution in [3.63, 3.8) is 0 Å². The van der Waals surface area contributed by atoms with Crippen LogP contribution < -0.4 is 9.47 Å². The smallest absolute Gasteiger partial charge is 0.227 e. The fourth-order valence-electron chi connectivity index (χ4n) is 2.10. The zero-order valence-corrected chi connectivity index (χ0v) is 12.0. The maximum absolute atomic E-state index is 12.1. The van der Waals surface area contributed by atoms with Crippen molar-refractivity contribution in [2.24, 2.45) is 5.41 Å². The molecule has 0 atom stereocenters. The number of amides is 1. The minimum atomic E-state index is -0.359. The summed E-state index contributed by atoms with van der Waals surface area (Å²) >= 11 is 0. The summed E-state index contributed by atoms with van der Waals surface area (Å²) in [4.78, 5) is 13.9. The number of hydrogen-bond acceptors (Lipinski definition) is 3. The fraction of sp³-hybridized carbons (Fsp3) is 0.533. The standard InChI is InChI=1S/C15H21NO3/c1-15(2,3)14(17)16(4)10-11-5-6-12-13(9-11)19-8-7-18-12/h5-6,9H,7-8,10H2,1-4H3. The van der Waals surface area contributed by atoms with E-state index < -0.39 is 0 Å². The number of nitrogens with zero attached hydrogens (tertiary/aromatic N) is 1. The summed E-state index contributed by atoms with van der Waals surface area (Å²) in [7, 11) is 1.82. The lowest BCUT2D eigenvalue weighted by molar-refractivity contribution is -0.138. The van der Waals surface area contributed by atoms with Gasteiger partial charge in [-0.1, -0.05) is 26.8 Å². The van der Waals surface area contributed by atoms with Crippen LogP contribution in [0.15, 0.2) is 18.2 Å². The molecule has 19 heavy (non-hydrogen) atoms. The topological polar surface area (TPSA) is 38.8 Å². The Bertz CT molecular complexity index is 477. The predicted octanol–water partition coefficient (Wildman–Crippen LogP) is 2.46. The van der Waals surface area contributed by atoms with Gasteiger partial charge in [0.05, 0.1) is 0 Å². The van der Waals surface area contributed by atoms with Gasteiger partial charge < -0.3 is 14.4 Å². The largest absolute Gasteiger partial charge is 0.486 e. The van der Waals surface area contributed by atoms with Gasteiger partial charge in [-0.3, -0.25) is 4.79 Å². The summed E-state index contributed by atoms with van der Waals surface area (Å²) in [6.07, 6.45) is 0. The van der Waals surface area contributed by atoms with E-state index in [0.29, 0.717) is 19.8 Å². The van der Waals surface area contributed by atoms with Crippen molar-refractivity contribution in [3.8, 4) is 11.5 Å². The van der Waals surface area contributed by atoms with Gasteiger partial charge in [-0.15, -0.1) is 0 Å². The van der Waals surface area contributed by atoms with Crippen LogP contribution in [0.4, 0.5) is 0 Å². The van der Waals surface area contributed by atoms with Gasteiger partial charge in [0.25, 0.3) is 0 Å². The van der Waals surface area contributed by atoms with Gasteiger partial charge in [0, 0.05) is 19.0 Å². The molecule has 104 valence electrons. The Morgan fingerprint density at radius 2 is 1.84 bits per heavy atom. The second-order valence-electron chi connectivity index (χ2n) is 5.89. The monoisotopic (exact) mass is 263 g/mol. The summed E-state index contributed by atoms with van der Waals surface area (Å²) in [5.41, 5.74) is 0.687. The first-order chi connectivity index (χ1) is 8.88. The molecule has 0 fully saturated rings. The van der Waals surface area contributed by atoms with Gasteiger partial charge in [-0.05, 0) is 17.7 Å². The molecule has 1 aliphatic rings. The summed E-state index contributed by atoms with van der Waals surface area (Å²) in [6, 6.07) is 5.82. The third-order valence-corrected chi connectivity index (χ3v) is 3.01. The number of hydrogen-bond donors (Lipinski definition) is 0. The summed E-state index contributed by atoms with van der Waals surface area (Å²) in [5, 5.41) is 0. The van der Waals surface area contributed by atoms with E-state index in [2.05, 4.69) is 0 Å². The molecule has 1 heterocycles. The first-order valence-corrected chi connectivity index (χ1v) is 6.52. The Labute approximate surface area is 114 Å². The molecule has 0 aliphatic carbocycles. The van der Waals surface area contributed by atoms with E-state index in [4.69, 9.17) is 9.47 Å². The van der Waals surface area contributed by atoms with Crippen LogP contribution in [0.1, 0.15) is 26.3 Å². The maximum Gasteiger partial charge on any atom is 0.227 e. The number of carbonyl (C=O) groups is 1. The van der Waals surface area contributed by atoms with Crippen LogP contribution in [-0.4, -0.2) is 31.1 Å². The number of fused-ring (bicyclic) bond motifs is 1. The normalized spacial score (nSPS) is 14.1. The van der Waals surface area contributed by atoms with E-state index in [9.17, 15) is 4.79 Å². The van der Waals surface area contributed by atoms with Crippen LogP contribution in [0, 0.1) is 5.41 Å². The molecule has 1 aromatic carbocycles. The minimum Gasteiger partial charge on any atom is -0.486 e. The lowest BCUT2D eigenvalue weighted by Crippen LogP contribution is -2.36. The molecule has 0 unspecified atom stereocenters. The van der Waals surface area contributed by atoms with Crippen LogP contribution in [0.2, 0.25) is 0 Å². The van der Waals surface area contributed by atoms with Crippen molar-refractivity contribution in [2.45, 2.75) is 27.3 Å². The molecule has 0 radical (unpaired) electrons. The van der Waals surface area contributed by atoms with Crippen LogP contribution in [0.5, 0.6) is 11.5 Å². The van der Waals surface area contributed by atoms with Crippen molar-refractivity contribution >= 4 is 5.91 Å².